The summed E-state index contributed by atoms with van der Waals surface area (Å²) in [4.78, 5) is 12.9. The average molecular weight is 562 g/mol. The highest BCUT2D eigenvalue weighted by atomic mass is 32.2. The van der Waals surface area contributed by atoms with E-state index in [0.717, 1.165) is 29.5 Å². The normalized spacial score (nSPS) is 14.0. The molecule has 1 saturated carbocycles. The van der Waals surface area contributed by atoms with Crippen molar-refractivity contribution < 1.29 is 35.2 Å². The van der Waals surface area contributed by atoms with Gasteiger partial charge < -0.3 is 15.5 Å². The number of nitrogens with one attached hydrogen (secondary N) is 1. The molecule has 3 aromatic carbocycles. The van der Waals surface area contributed by atoms with Crippen molar-refractivity contribution in [2.75, 3.05) is 23.3 Å². The third-order valence-electron chi connectivity index (χ3n) is 6.54. The summed E-state index contributed by atoms with van der Waals surface area (Å²) in [5.41, 5.74) is 4.95. The first-order valence-electron chi connectivity index (χ1n) is 11.8. The highest BCUT2D eigenvalue weighted by molar-refractivity contribution is 7.92. The van der Waals surface area contributed by atoms with Crippen LogP contribution in [-0.2, 0) is 16.2 Å². The second-order valence-corrected chi connectivity index (χ2v) is 11.2. The number of benzene rings is 3. The van der Waals surface area contributed by atoms with Gasteiger partial charge >= 0.3 is 6.18 Å². The quantitative estimate of drug-likeness (QED) is 0.216. The van der Waals surface area contributed by atoms with E-state index in [9.17, 15) is 30.8 Å². The number of rotatable bonds is 6. The molecule has 0 radical (unpaired) electrons. The molecule has 39 heavy (non-hydrogen) atoms. The average Bonchev–Trinajstić information content (AvgIpc) is 3.63. The zero-order chi connectivity index (χ0) is 28.3. The fourth-order valence-electron chi connectivity index (χ4n) is 4.63. The number of nitrogen functional groups attached to an aromatic ring is 1. The maximum atomic E-state index is 13.6. The molecule has 204 valence electrons. The number of anilines is 3. The van der Waals surface area contributed by atoms with Crippen molar-refractivity contribution in [1.82, 2.24) is 5.32 Å². The van der Waals surface area contributed by atoms with Crippen molar-refractivity contribution in [1.29, 1.82) is 0 Å². The van der Waals surface area contributed by atoms with E-state index in [2.05, 4.69) is 5.32 Å². The van der Waals surface area contributed by atoms with E-state index in [1.165, 1.54) is 43.4 Å². The number of fused-ring (bicyclic) bond motifs is 1. The van der Waals surface area contributed by atoms with E-state index < -0.39 is 39.2 Å². The van der Waals surface area contributed by atoms with Gasteiger partial charge in [-0.2, -0.15) is 13.2 Å². The van der Waals surface area contributed by atoms with Crippen LogP contribution in [0.15, 0.2) is 59.0 Å². The monoisotopic (exact) mass is 561 g/mol. The Hall–Kier alpha value is -4.06. The van der Waals surface area contributed by atoms with Crippen molar-refractivity contribution in [3.63, 3.8) is 0 Å². The van der Waals surface area contributed by atoms with Crippen molar-refractivity contribution >= 4 is 44.0 Å². The minimum absolute atomic E-state index is 0.0776. The first-order valence-corrected chi connectivity index (χ1v) is 13.7. The maximum Gasteiger partial charge on any atom is 0.418 e. The van der Waals surface area contributed by atoms with Crippen LogP contribution in [-0.4, -0.2) is 27.6 Å². The number of carbonyl (C=O) groups is 1. The Morgan fingerprint density at radius 3 is 2.31 bits per heavy atom. The highest BCUT2D eigenvalue weighted by Crippen LogP contribution is 2.50. The second-order valence-electron chi connectivity index (χ2n) is 9.37. The molecule has 0 aliphatic heterocycles. The third kappa shape index (κ3) is 4.91. The summed E-state index contributed by atoms with van der Waals surface area (Å²) in [5, 5.41) is 2.95. The lowest BCUT2D eigenvalue weighted by atomic mass is 10.00. The summed E-state index contributed by atoms with van der Waals surface area (Å²) >= 11 is 0. The Labute approximate surface area is 221 Å². The van der Waals surface area contributed by atoms with E-state index in [0.29, 0.717) is 22.6 Å². The number of halogens is 4. The van der Waals surface area contributed by atoms with Gasteiger partial charge in [0.15, 0.2) is 0 Å². The number of furan rings is 1. The Bertz CT molecular complexity index is 1710. The Morgan fingerprint density at radius 2 is 1.74 bits per heavy atom. The van der Waals surface area contributed by atoms with Crippen LogP contribution in [0.2, 0.25) is 0 Å². The predicted molar refractivity (Wildman–Crippen MR) is 140 cm³/mol. The summed E-state index contributed by atoms with van der Waals surface area (Å²) in [6.45, 7) is 0. The number of carbonyl (C=O) groups excluding carboxylic acids is 1. The molecule has 1 aromatic heterocycles. The van der Waals surface area contributed by atoms with Crippen molar-refractivity contribution in [3.05, 3.63) is 77.1 Å². The zero-order valence-corrected chi connectivity index (χ0v) is 21.6. The minimum atomic E-state index is -4.81. The van der Waals surface area contributed by atoms with Crippen molar-refractivity contribution in [3.8, 4) is 11.3 Å². The highest BCUT2D eigenvalue weighted by Gasteiger charge is 2.37. The van der Waals surface area contributed by atoms with Gasteiger partial charge in [-0.05, 0) is 72.9 Å². The van der Waals surface area contributed by atoms with Gasteiger partial charge in [-0.1, -0.05) is 0 Å². The fourth-order valence-corrected chi connectivity index (χ4v) is 5.64. The van der Waals surface area contributed by atoms with Crippen LogP contribution in [0.5, 0.6) is 0 Å². The molecule has 0 atom stereocenters. The minimum Gasteiger partial charge on any atom is -0.455 e. The van der Waals surface area contributed by atoms with E-state index in [1.807, 2.05) is 0 Å². The lowest BCUT2D eigenvalue weighted by Crippen LogP contribution is -2.26. The summed E-state index contributed by atoms with van der Waals surface area (Å²) in [6, 6.07) is 11.3. The van der Waals surface area contributed by atoms with Gasteiger partial charge in [0.2, 0.25) is 10.0 Å². The number of nitrogens with two attached hydrogens (primary N) is 1. The summed E-state index contributed by atoms with van der Waals surface area (Å²) in [5.74, 6) is -0.900. The molecule has 0 bridgehead atoms. The molecule has 0 saturated heterocycles. The molecule has 5 rings (SSSR count). The fraction of sp³-hybridized carbons (Fsp3) is 0.222. The van der Waals surface area contributed by atoms with Gasteiger partial charge in [-0.25, -0.2) is 17.1 Å². The number of amides is 1. The molecule has 1 heterocycles. The molecule has 1 aliphatic carbocycles. The summed E-state index contributed by atoms with van der Waals surface area (Å²) in [6.07, 6.45) is -2.47. The predicted octanol–water partition coefficient (Wildman–Crippen LogP) is 6.17. The first-order chi connectivity index (χ1) is 18.3. The molecule has 4 aromatic rings. The topological polar surface area (TPSA) is 106 Å². The van der Waals surface area contributed by atoms with Crippen LogP contribution in [0.25, 0.3) is 22.3 Å². The molecular formula is C27H23F4N3O4S. The second kappa shape index (κ2) is 9.30. The molecular weight excluding hydrogens is 538 g/mol. The van der Waals surface area contributed by atoms with E-state index in [4.69, 9.17) is 10.2 Å². The summed E-state index contributed by atoms with van der Waals surface area (Å²) < 4.78 is 87.5. The number of nitrogens with zero attached hydrogens (tertiary/aromatic N) is 1. The van der Waals surface area contributed by atoms with E-state index in [-0.39, 0.29) is 34.2 Å². The van der Waals surface area contributed by atoms with E-state index >= 15 is 0 Å². The van der Waals surface area contributed by atoms with Crippen LogP contribution in [0, 0.1) is 5.82 Å². The zero-order valence-electron chi connectivity index (χ0n) is 20.8. The van der Waals surface area contributed by atoms with Crippen LogP contribution in [0.4, 0.5) is 34.6 Å². The molecule has 1 fully saturated rings. The molecule has 3 N–H and O–H groups in total. The molecule has 0 unspecified atom stereocenters. The van der Waals surface area contributed by atoms with Crippen LogP contribution < -0.4 is 15.4 Å². The van der Waals surface area contributed by atoms with Gasteiger partial charge in [0.25, 0.3) is 5.91 Å². The van der Waals surface area contributed by atoms with Gasteiger partial charge in [-0.3, -0.25) is 4.79 Å². The Balaban J connectivity index is 1.79. The molecule has 7 nitrogen and oxygen atoms in total. The van der Waals surface area contributed by atoms with Gasteiger partial charge in [0.1, 0.15) is 17.2 Å². The lowest BCUT2D eigenvalue weighted by molar-refractivity contribution is -0.136. The third-order valence-corrected chi connectivity index (χ3v) is 7.61. The number of hydrogen-bond donors (Lipinski definition) is 2. The maximum absolute atomic E-state index is 13.6. The van der Waals surface area contributed by atoms with Crippen LogP contribution >= 0.6 is 0 Å². The lowest BCUT2D eigenvalue weighted by Gasteiger charge is -2.26. The first kappa shape index (κ1) is 26.5. The number of hydrogen-bond acceptors (Lipinski definition) is 5. The largest absolute Gasteiger partial charge is 0.455 e. The molecule has 12 heteroatoms. The molecule has 0 spiro atoms. The van der Waals surface area contributed by atoms with Crippen LogP contribution in [0.3, 0.4) is 0 Å². The van der Waals surface area contributed by atoms with Crippen molar-refractivity contribution in [2.24, 2.45) is 0 Å². The van der Waals surface area contributed by atoms with Crippen LogP contribution in [0.1, 0.15) is 40.2 Å². The number of sulfonamides is 1. The molecule has 1 amide bonds. The standard InChI is InChI=1S/C27H23F4N3O4S/c1-33-26(35)24-19-12-18(14-3-4-14)22(13-23(19)38-25(24)15-5-7-16(28)8-6-15)34(39(2,36)37)17-9-10-21(32)20(11-17)27(29,30)31/h5-14H,3-4,32H2,1-2H3,(H,33,35). The van der Waals surface area contributed by atoms with Gasteiger partial charge in [-0.15, -0.1) is 0 Å². The Kier molecular flexibility index (Phi) is 6.33. The van der Waals surface area contributed by atoms with Gasteiger partial charge in [0, 0.05) is 29.8 Å². The SMILES string of the molecule is CNC(=O)c1c(-c2ccc(F)cc2)oc2cc(N(c3ccc(N)c(C(F)(F)F)c3)S(C)(=O)=O)c(C3CC3)cc12. The Morgan fingerprint density at radius 1 is 1.08 bits per heavy atom. The number of alkyl halides is 3. The van der Waals surface area contributed by atoms with Gasteiger partial charge in [0.05, 0.1) is 28.8 Å². The van der Waals surface area contributed by atoms with Crippen molar-refractivity contribution in [2.45, 2.75) is 24.9 Å². The smallest absolute Gasteiger partial charge is 0.418 e. The summed E-state index contributed by atoms with van der Waals surface area (Å²) in [7, 11) is -2.72. The van der Waals surface area contributed by atoms with E-state index in [1.54, 1.807) is 6.07 Å². The molecule has 1 aliphatic rings.